The number of nitrogens with zero attached hydrogens (tertiary/aromatic N) is 4. The molecule has 0 radical (unpaired) electrons. The monoisotopic (exact) mass is 591 g/mol. The second kappa shape index (κ2) is 10.7. The second-order valence-electron chi connectivity index (χ2n) is 10.3. The van der Waals surface area contributed by atoms with E-state index in [1.165, 1.54) is 29.7 Å². The van der Waals surface area contributed by atoms with Crippen molar-refractivity contribution in [3.63, 3.8) is 0 Å². The molecular weight excluding hydrogens is 565 g/mol. The molecule has 1 fully saturated rings. The Hall–Kier alpha value is -3.58. The van der Waals surface area contributed by atoms with Crippen LogP contribution in [0.15, 0.2) is 52.3 Å². The van der Waals surface area contributed by atoms with Crippen molar-refractivity contribution in [2.24, 2.45) is 0 Å². The van der Waals surface area contributed by atoms with Gasteiger partial charge < -0.3 is 10.2 Å². The molecule has 3 aromatic heterocycles. The van der Waals surface area contributed by atoms with E-state index in [4.69, 9.17) is 0 Å². The number of anilines is 1. The minimum absolute atomic E-state index is 0.168. The number of hydrogen-bond acceptors (Lipinski definition) is 6. The van der Waals surface area contributed by atoms with Crippen LogP contribution in [0.1, 0.15) is 28.8 Å². The largest absolute Gasteiger partial charge is 0.416 e. The van der Waals surface area contributed by atoms with Crippen molar-refractivity contribution >= 4 is 27.2 Å². The summed E-state index contributed by atoms with van der Waals surface area (Å²) in [5, 5.41) is 3.35. The van der Waals surface area contributed by atoms with Crippen molar-refractivity contribution < 1.29 is 22.0 Å². The first kappa shape index (κ1) is 27.6. The van der Waals surface area contributed by atoms with E-state index in [0.717, 1.165) is 59.6 Å². The van der Waals surface area contributed by atoms with Crippen LogP contribution >= 0.6 is 11.3 Å². The van der Waals surface area contributed by atoms with Crippen LogP contribution in [0.4, 0.5) is 27.6 Å². The molecule has 216 valence electrons. The molecule has 1 aromatic carbocycles. The van der Waals surface area contributed by atoms with Crippen molar-refractivity contribution in [2.75, 3.05) is 24.5 Å². The highest BCUT2D eigenvalue weighted by Gasteiger charge is 2.36. The van der Waals surface area contributed by atoms with Gasteiger partial charge >= 0.3 is 11.9 Å². The average molecular weight is 592 g/mol. The third-order valence-corrected chi connectivity index (χ3v) is 8.81. The van der Waals surface area contributed by atoms with E-state index < -0.39 is 36.0 Å². The third kappa shape index (κ3) is 5.28. The summed E-state index contributed by atoms with van der Waals surface area (Å²) in [6.07, 6.45) is -2.53. The quantitative estimate of drug-likeness (QED) is 0.329. The lowest BCUT2D eigenvalue weighted by Crippen LogP contribution is -2.40. The Kier molecular flexibility index (Phi) is 7.18. The van der Waals surface area contributed by atoms with Gasteiger partial charge in [-0.2, -0.15) is 13.2 Å². The van der Waals surface area contributed by atoms with Crippen LogP contribution in [0.5, 0.6) is 0 Å². The van der Waals surface area contributed by atoms with Gasteiger partial charge in [0, 0.05) is 59.3 Å². The Morgan fingerprint density at radius 2 is 1.95 bits per heavy atom. The smallest absolute Gasteiger partial charge is 0.366 e. The molecule has 1 atom stereocenters. The zero-order chi connectivity index (χ0) is 28.9. The molecular formula is C28H26F5N5O2S. The molecule has 41 heavy (non-hydrogen) atoms. The standard InChI is InChI=1S/C28H26F5N5O2S/c29-23(30)15-36-9-5-24(39)38(27(36)40)14-19-12-22-26(41-19)20(4-7-35-22)21-11-17(28(31,32)33)10-16-2-1-8-37(25(16)21)18-3-6-34-13-18/h4-5,7,9-12,18,23,34H,1-3,6,8,13-15H2/t18-/m0/s1. The van der Waals surface area contributed by atoms with Crippen LogP contribution in [0.2, 0.25) is 0 Å². The van der Waals surface area contributed by atoms with Crippen LogP contribution < -0.4 is 21.5 Å². The summed E-state index contributed by atoms with van der Waals surface area (Å²) >= 11 is 1.22. The van der Waals surface area contributed by atoms with Gasteiger partial charge in [0.1, 0.15) is 0 Å². The number of nitrogens with one attached hydrogen (secondary N) is 1. The molecule has 0 amide bonds. The third-order valence-electron chi connectivity index (χ3n) is 7.67. The predicted octanol–water partition coefficient (Wildman–Crippen LogP) is 4.73. The van der Waals surface area contributed by atoms with Gasteiger partial charge in [-0.3, -0.25) is 18.9 Å². The van der Waals surface area contributed by atoms with Gasteiger partial charge in [0.2, 0.25) is 0 Å². The maximum Gasteiger partial charge on any atom is 0.416 e. The molecule has 0 saturated carbocycles. The Morgan fingerprint density at radius 3 is 2.68 bits per heavy atom. The number of pyridine rings is 1. The lowest BCUT2D eigenvalue weighted by molar-refractivity contribution is -0.137. The molecule has 0 bridgehead atoms. The fraction of sp³-hybridized carbons (Fsp3) is 0.393. The average Bonchev–Trinajstić information content (AvgIpc) is 3.61. The zero-order valence-electron chi connectivity index (χ0n) is 21.8. The van der Waals surface area contributed by atoms with E-state index in [-0.39, 0.29) is 12.6 Å². The number of fused-ring (bicyclic) bond motifs is 2. The molecule has 5 heterocycles. The summed E-state index contributed by atoms with van der Waals surface area (Å²) in [5.41, 5.74) is 0.806. The first-order valence-corrected chi connectivity index (χ1v) is 14.1. The molecule has 7 nitrogen and oxygen atoms in total. The number of alkyl halides is 5. The van der Waals surface area contributed by atoms with Crippen LogP contribution in [0.3, 0.4) is 0 Å². The van der Waals surface area contributed by atoms with E-state index in [0.29, 0.717) is 38.2 Å². The van der Waals surface area contributed by atoms with Crippen molar-refractivity contribution in [1.29, 1.82) is 0 Å². The number of halogens is 5. The number of thiophene rings is 1. The molecule has 0 aliphatic carbocycles. The van der Waals surface area contributed by atoms with Gasteiger partial charge in [-0.1, -0.05) is 0 Å². The lowest BCUT2D eigenvalue weighted by Gasteiger charge is -2.38. The maximum absolute atomic E-state index is 14.1. The van der Waals surface area contributed by atoms with Gasteiger partial charge in [0.05, 0.1) is 28.9 Å². The van der Waals surface area contributed by atoms with E-state index in [9.17, 15) is 31.5 Å². The van der Waals surface area contributed by atoms with Crippen LogP contribution in [-0.4, -0.2) is 46.2 Å². The SMILES string of the molecule is O=c1ccn(CC(F)F)c(=O)n1Cc1cc2nccc(-c3cc(C(F)(F)F)cc4c3N([C@H]3CCNC3)CCC4)c2s1. The van der Waals surface area contributed by atoms with Crippen LogP contribution in [-0.2, 0) is 25.7 Å². The van der Waals surface area contributed by atoms with Gasteiger partial charge in [-0.15, -0.1) is 11.3 Å². The summed E-state index contributed by atoms with van der Waals surface area (Å²) in [7, 11) is 0. The van der Waals surface area contributed by atoms with E-state index >= 15 is 0 Å². The Labute approximate surface area is 234 Å². The highest BCUT2D eigenvalue weighted by atomic mass is 32.1. The van der Waals surface area contributed by atoms with Gasteiger partial charge in [-0.25, -0.2) is 13.6 Å². The highest BCUT2D eigenvalue weighted by Crippen LogP contribution is 2.46. The maximum atomic E-state index is 14.1. The summed E-state index contributed by atoms with van der Waals surface area (Å²) in [6.45, 7) is 1.32. The number of rotatable bonds is 6. The highest BCUT2D eigenvalue weighted by molar-refractivity contribution is 7.19. The summed E-state index contributed by atoms with van der Waals surface area (Å²) in [6, 6.07) is 7.07. The van der Waals surface area contributed by atoms with Gasteiger partial charge in [-0.05, 0) is 55.6 Å². The molecule has 2 aliphatic heterocycles. The second-order valence-corrected chi connectivity index (χ2v) is 11.5. The Morgan fingerprint density at radius 1 is 1.12 bits per heavy atom. The van der Waals surface area contributed by atoms with Crippen molar-refractivity contribution in [3.8, 4) is 11.1 Å². The van der Waals surface area contributed by atoms with E-state index in [1.54, 1.807) is 12.1 Å². The molecule has 1 N–H and O–H groups in total. The normalized spacial score (nSPS) is 17.5. The van der Waals surface area contributed by atoms with Gasteiger partial charge in [0.15, 0.2) is 0 Å². The molecule has 0 spiro atoms. The van der Waals surface area contributed by atoms with Crippen molar-refractivity contribution in [1.82, 2.24) is 19.4 Å². The Bertz CT molecular complexity index is 1720. The number of aromatic nitrogens is 3. The number of benzene rings is 1. The van der Waals surface area contributed by atoms with Gasteiger partial charge in [0.25, 0.3) is 12.0 Å². The summed E-state index contributed by atoms with van der Waals surface area (Å²) < 4.78 is 70.3. The number of aryl methyl sites for hydroxylation is 1. The van der Waals surface area contributed by atoms with E-state index in [2.05, 4.69) is 15.2 Å². The van der Waals surface area contributed by atoms with Crippen molar-refractivity contribution in [2.45, 2.75) is 51.0 Å². The molecule has 4 aromatic rings. The summed E-state index contributed by atoms with van der Waals surface area (Å²) in [4.78, 5) is 32.4. The molecule has 2 aliphatic rings. The first-order valence-electron chi connectivity index (χ1n) is 13.3. The summed E-state index contributed by atoms with van der Waals surface area (Å²) in [5.74, 6) is 0. The molecule has 6 rings (SSSR count). The molecule has 1 saturated heterocycles. The number of hydrogen-bond donors (Lipinski definition) is 1. The fourth-order valence-corrected chi connectivity index (χ4v) is 6.97. The zero-order valence-corrected chi connectivity index (χ0v) is 22.6. The minimum atomic E-state index is -4.53. The molecule has 0 unspecified atom stereocenters. The first-order chi connectivity index (χ1) is 19.6. The lowest BCUT2D eigenvalue weighted by atomic mass is 9.90. The minimum Gasteiger partial charge on any atom is -0.366 e. The van der Waals surface area contributed by atoms with Crippen LogP contribution in [0, 0.1) is 0 Å². The molecule has 13 heteroatoms. The topological polar surface area (TPSA) is 72.2 Å². The van der Waals surface area contributed by atoms with E-state index in [1.807, 2.05) is 0 Å². The predicted molar refractivity (Wildman–Crippen MR) is 147 cm³/mol. The van der Waals surface area contributed by atoms with Crippen LogP contribution in [0.25, 0.3) is 21.3 Å². The Balaban J connectivity index is 1.49. The fourth-order valence-electron chi connectivity index (χ4n) is 5.84. The van der Waals surface area contributed by atoms with Crippen molar-refractivity contribution in [3.05, 3.63) is 79.6 Å².